The van der Waals surface area contributed by atoms with Crippen molar-refractivity contribution in [3.63, 3.8) is 0 Å². The topological polar surface area (TPSA) is 64.7 Å². The molecule has 6 heteroatoms. The fourth-order valence-electron chi connectivity index (χ4n) is 4.69. The van der Waals surface area contributed by atoms with Crippen LogP contribution in [0.15, 0.2) is 30.3 Å². The van der Waals surface area contributed by atoms with Gasteiger partial charge in [0.25, 0.3) is 0 Å². The number of piperazine rings is 1. The Morgan fingerprint density at radius 3 is 2.67 bits per heavy atom. The van der Waals surface area contributed by atoms with Crippen LogP contribution in [-0.4, -0.2) is 73.5 Å². The van der Waals surface area contributed by atoms with Crippen LogP contribution in [0.25, 0.3) is 0 Å². The molecule has 3 aliphatic rings. The van der Waals surface area contributed by atoms with Crippen molar-refractivity contribution in [2.45, 2.75) is 31.7 Å². The molecule has 2 amide bonds. The van der Waals surface area contributed by atoms with Crippen LogP contribution in [0.3, 0.4) is 0 Å². The molecule has 3 aliphatic heterocycles. The summed E-state index contributed by atoms with van der Waals surface area (Å²) in [4.78, 5) is 29.1. The maximum atomic E-state index is 12.9. The summed E-state index contributed by atoms with van der Waals surface area (Å²) in [6.45, 7) is 5.24. The van der Waals surface area contributed by atoms with Crippen molar-refractivity contribution < 1.29 is 9.59 Å². The Bertz CT molecular complexity index is 672. The van der Waals surface area contributed by atoms with E-state index in [4.69, 9.17) is 0 Å². The maximum absolute atomic E-state index is 12.9. The van der Waals surface area contributed by atoms with E-state index in [0.29, 0.717) is 13.1 Å². The van der Waals surface area contributed by atoms with E-state index in [0.717, 1.165) is 51.9 Å². The number of nitrogens with zero attached hydrogens (tertiary/aromatic N) is 2. The molecule has 0 aromatic heterocycles. The highest BCUT2D eigenvalue weighted by Gasteiger charge is 2.43. The van der Waals surface area contributed by atoms with Crippen molar-refractivity contribution in [2.75, 3.05) is 45.8 Å². The summed E-state index contributed by atoms with van der Waals surface area (Å²) in [5.74, 6) is 0.182. The third kappa shape index (κ3) is 4.17. The first-order valence-electron chi connectivity index (χ1n) is 10.2. The van der Waals surface area contributed by atoms with Gasteiger partial charge in [-0.1, -0.05) is 30.3 Å². The second-order valence-electron chi connectivity index (χ2n) is 8.26. The molecule has 0 bridgehead atoms. The van der Waals surface area contributed by atoms with Crippen LogP contribution in [0, 0.1) is 5.41 Å². The average Bonchev–Trinajstić information content (AvgIpc) is 3.11. The lowest BCUT2D eigenvalue weighted by molar-refractivity contribution is -0.146. The molecule has 1 spiro atoms. The summed E-state index contributed by atoms with van der Waals surface area (Å²) < 4.78 is 0. The Hall–Kier alpha value is -1.92. The quantitative estimate of drug-likeness (QED) is 0.816. The van der Waals surface area contributed by atoms with Gasteiger partial charge >= 0.3 is 0 Å². The Morgan fingerprint density at radius 2 is 1.93 bits per heavy atom. The van der Waals surface area contributed by atoms with Crippen LogP contribution in [0.2, 0.25) is 0 Å². The van der Waals surface area contributed by atoms with Crippen LogP contribution >= 0.6 is 0 Å². The number of hydrogen-bond acceptors (Lipinski definition) is 4. The second kappa shape index (κ2) is 7.98. The molecule has 27 heavy (non-hydrogen) atoms. The van der Waals surface area contributed by atoms with E-state index in [-0.39, 0.29) is 29.8 Å². The Kier molecular flexibility index (Phi) is 5.45. The van der Waals surface area contributed by atoms with Gasteiger partial charge in [0, 0.05) is 26.2 Å². The monoisotopic (exact) mass is 370 g/mol. The zero-order chi connectivity index (χ0) is 18.7. The largest absolute Gasteiger partial charge is 0.339 e. The van der Waals surface area contributed by atoms with Gasteiger partial charge in [0.2, 0.25) is 11.8 Å². The molecular weight excluding hydrogens is 340 g/mol. The first kappa shape index (κ1) is 18.4. The van der Waals surface area contributed by atoms with Crippen LogP contribution < -0.4 is 10.6 Å². The van der Waals surface area contributed by atoms with Gasteiger partial charge < -0.3 is 20.4 Å². The number of hydrogen-bond donors (Lipinski definition) is 2. The van der Waals surface area contributed by atoms with Gasteiger partial charge in [-0.05, 0) is 49.8 Å². The Morgan fingerprint density at radius 1 is 1.15 bits per heavy atom. The van der Waals surface area contributed by atoms with Gasteiger partial charge in [0.1, 0.15) is 0 Å². The highest BCUT2D eigenvalue weighted by atomic mass is 16.2. The molecule has 146 valence electrons. The maximum Gasteiger partial charge on any atom is 0.242 e. The SMILES string of the molecule is O=C1CN(C(=O)C2CC3(CCNCC3)CN2)CCN1CCc1ccccc1. The number of benzene rings is 1. The Labute approximate surface area is 161 Å². The van der Waals surface area contributed by atoms with E-state index in [1.54, 1.807) is 4.90 Å². The van der Waals surface area contributed by atoms with Gasteiger partial charge in [-0.15, -0.1) is 0 Å². The van der Waals surface area contributed by atoms with Gasteiger partial charge in [0.05, 0.1) is 12.6 Å². The highest BCUT2D eigenvalue weighted by molar-refractivity contribution is 5.88. The van der Waals surface area contributed by atoms with Gasteiger partial charge in [-0.3, -0.25) is 9.59 Å². The number of carbonyl (C=O) groups is 2. The lowest BCUT2D eigenvalue weighted by Crippen LogP contribution is -2.55. The molecular formula is C21H30N4O2. The molecule has 2 N–H and O–H groups in total. The van der Waals surface area contributed by atoms with Gasteiger partial charge in [0.15, 0.2) is 0 Å². The fraction of sp³-hybridized carbons (Fsp3) is 0.619. The number of amides is 2. The first-order valence-corrected chi connectivity index (χ1v) is 10.2. The van der Waals surface area contributed by atoms with Crippen LogP contribution in [-0.2, 0) is 16.0 Å². The van der Waals surface area contributed by atoms with Crippen molar-refractivity contribution in [1.29, 1.82) is 0 Å². The molecule has 4 rings (SSSR count). The summed E-state index contributed by atoms with van der Waals surface area (Å²) in [6, 6.07) is 10.1. The third-order valence-corrected chi connectivity index (χ3v) is 6.47. The molecule has 0 radical (unpaired) electrons. The zero-order valence-corrected chi connectivity index (χ0v) is 16.0. The molecule has 3 heterocycles. The summed E-state index contributed by atoms with van der Waals surface area (Å²) in [6.07, 6.45) is 4.04. The standard InChI is InChI=1S/C21H30N4O2/c26-19-15-25(13-12-24(19)11-6-17-4-2-1-3-5-17)20(27)18-14-21(16-23-18)7-9-22-10-8-21/h1-5,18,22-23H,6-16H2. The van der Waals surface area contributed by atoms with Crippen LogP contribution in [0.1, 0.15) is 24.8 Å². The molecule has 3 fully saturated rings. The van der Waals surface area contributed by atoms with Crippen molar-refractivity contribution in [3.8, 4) is 0 Å². The summed E-state index contributed by atoms with van der Waals surface area (Å²) in [7, 11) is 0. The molecule has 0 saturated carbocycles. The minimum absolute atomic E-state index is 0.0695. The van der Waals surface area contributed by atoms with E-state index in [1.807, 2.05) is 23.1 Å². The number of piperidine rings is 1. The van der Waals surface area contributed by atoms with Crippen molar-refractivity contribution in [1.82, 2.24) is 20.4 Å². The zero-order valence-electron chi connectivity index (χ0n) is 16.0. The van der Waals surface area contributed by atoms with Gasteiger partial charge in [-0.25, -0.2) is 0 Å². The van der Waals surface area contributed by atoms with E-state index >= 15 is 0 Å². The minimum atomic E-state index is -0.119. The predicted octanol–water partition coefficient (Wildman–Crippen LogP) is 0.632. The summed E-state index contributed by atoms with van der Waals surface area (Å²) in [5.41, 5.74) is 1.51. The van der Waals surface area contributed by atoms with Crippen LogP contribution in [0.4, 0.5) is 0 Å². The van der Waals surface area contributed by atoms with E-state index in [1.165, 1.54) is 5.56 Å². The molecule has 1 atom stereocenters. The highest BCUT2D eigenvalue weighted by Crippen LogP contribution is 2.37. The third-order valence-electron chi connectivity index (χ3n) is 6.47. The summed E-state index contributed by atoms with van der Waals surface area (Å²) in [5, 5.41) is 6.85. The summed E-state index contributed by atoms with van der Waals surface area (Å²) >= 11 is 0. The molecule has 1 aromatic carbocycles. The first-order chi connectivity index (χ1) is 13.2. The number of rotatable bonds is 4. The molecule has 1 aromatic rings. The average molecular weight is 370 g/mol. The van der Waals surface area contributed by atoms with E-state index < -0.39 is 0 Å². The smallest absolute Gasteiger partial charge is 0.242 e. The lowest BCUT2D eigenvalue weighted by Gasteiger charge is -2.36. The van der Waals surface area contributed by atoms with E-state index in [2.05, 4.69) is 22.8 Å². The fourth-order valence-corrected chi connectivity index (χ4v) is 4.69. The molecule has 6 nitrogen and oxygen atoms in total. The van der Waals surface area contributed by atoms with Crippen molar-refractivity contribution in [2.24, 2.45) is 5.41 Å². The molecule has 1 unspecified atom stereocenters. The number of carbonyl (C=O) groups excluding carboxylic acids is 2. The minimum Gasteiger partial charge on any atom is -0.339 e. The normalized spacial score (nSPS) is 25.2. The van der Waals surface area contributed by atoms with Crippen molar-refractivity contribution in [3.05, 3.63) is 35.9 Å². The molecule has 0 aliphatic carbocycles. The van der Waals surface area contributed by atoms with Gasteiger partial charge in [-0.2, -0.15) is 0 Å². The Balaban J connectivity index is 1.28. The lowest BCUT2D eigenvalue weighted by atomic mass is 9.77. The predicted molar refractivity (Wildman–Crippen MR) is 104 cm³/mol. The molecule has 3 saturated heterocycles. The van der Waals surface area contributed by atoms with Crippen molar-refractivity contribution >= 4 is 11.8 Å². The van der Waals surface area contributed by atoms with Crippen LogP contribution in [0.5, 0.6) is 0 Å². The van der Waals surface area contributed by atoms with E-state index in [9.17, 15) is 9.59 Å². The number of nitrogens with one attached hydrogen (secondary N) is 2. The second-order valence-corrected chi connectivity index (χ2v) is 8.26.